The fraction of sp³-hybridized carbons (Fsp3) is 0.516. The van der Waals surface area contributed by atoms with Gasteiger partial charge in [-0.25, -0.2) is 4.79 Å². The quantitative estimate of drug-likeness (QED) is 0.226. The molecule has 1 saturated carbocycles. The van der Waals surface area contributed by atoms with Gasteiger partial charge < -0.3 is 19.3 Å². The van der Waals surface area contributed by atoms with Gasteiger partial charge in [0.15, 0.2) is 0 Å². The Morgan fingerprint density at radius 1 is 1.08 bits per heavy atom. The van der Waals surface area contributed by atoms with Crippen LogP contribution in [0.5, 0.6) is 0 Å². The summed E-state index contributed by atoms with van der Waals surface area (Å²) in [5.74, 6) is -2.03. The van der Waals surface area contributed by atoms with Gasteiger partial charge in [-0.15, -0.1) is 0 Å². The monoisotopic (exact) mass is 538 g/mol. The summed E-state index contributed by atoms with van der Waals surface area (Å²) in [6.07, 6.45) is 2.85. The highest BCUT2D eigenvalue weighted by atomic mass is 16.8. The number of esters is 3. The Morgan fingerprint density at radius 3 is 2.36 bits per heavy atom. The highest BCUT2D eigenvalue weighted by molar-refractivity contribution is 5.89. The molecule has 8 heteroatoms. The van der Waals surface area contributed by atoms with Crippen LogP contribution in [0.15, 0.2) is 66.3 Å². The van der Waals surface area contributed by atoms with E-state index < -0.39 is 53.5 Å². The first-order valence-electron chi connectivity index (χ1n) is 13.4. The molecule has 0 bridgehead atoms. The van der Waals surface area contributed by atoms with Crippen LogP contribution in [0.25, 0.3) is 0 Å². The van der Waals surface area contributed by atoms with Gasteiger partial charge in [-0.05, 0) is 61.6 Å². The van der Waals surface area contributed by atoms with Crippen LogP contribution in [0.2, 0.25) is 0 Å². The second-order valence-electron chi connectivity index (χ2n) is 11.2. The second-order valence-corrected chi connectivity index (χ2v) is 11.2. The Hall–Kier alpha value is -3.23. The van der Waals surface area contributed by atoms with Gasteiger partial charge in [0.2, 0.25) is 12.6 Å². The van der Waals surface area contributed by atoms with Crippen molar-refractivity contribution in [3.8, 4) is 0 Å². The van der Waals surface area contributed by atoms with E-state index in [-0.39, 0.29) is 11.8 Å². The summed E-state index contributed by atoms with van der Waals surface area (Å²) in [7, 11) is 0. The van der Waals surface area contributed by atoms with Crippen molar-refractivity contribution in [2.24, 2.45) is 22.7 Å². The minimum atomic E-state index is -1.20. The van der Waals surface area contributed by atoms with Crippen molar-refractivity contribution in [2.75, 3.05) is 0 Å². The number of aliphatic hydroxyl groups excluding tert-OH is 1. The lowest BCUT2D eigenvalue weighted by Gasteiger charge is -2.60. The third-order valence-corrected chi connectivity index (χ3v) is 8.83. The molecule has 2 fully saturated rings. The average Bonchev–Trinajstić information content (AvgIpc) is 3.17. The van der Waals surface area contributed by atoms with Gasteiger partial charge in [0, 0.05) is 19.4 Å². The first kappa shape index (κ1) is 28.8. The number of aliphatic hydroxyl groups is 1. The van der Waals surface area contributed by atoms with E-state index in [9.17, 15) is 19.5 Å². The highest BCUT2D eigenvalue weighted by Crippen LogP contribution is 2.67. The van der Waals surface area contributed by atoms with Crippen molar-refractivity contribution in [2.45, 2.75) is 78.7 Å². The Kier molecular flexibility index (Phi) is 8.19. The minimum Gasteiger partial charge on any atom is -0.458 e. The number of carbonyl (C=O) groups is 3. The predicted molar refractivity (Wildman–Crippen MR) is 143 cm³/mol. The first-order chi connectivity index (χ1) is 18.4. The van der Waals surface area contributed by atoms with E-state index in [1.807, 2.05) is 13.0 Å². The zero-order chi connectivity index (χ0) is 28.5. The lowest BCUT2D eigenvalue weighted by molar-refractivity contribution is -0.253. The summed E-state index contributed by atoms with van der Waals surface area (Å²) in [6, 6.07) is 8.67. The molecule has 4 rings (SSSR count). The summed E-state index contributed by atoms with van der Waals surface area (Å²) in [5, 5.41) is 11.1. The van der Waals surface area contributed by atoms with Crippen molar-refractivity contribution in [3.63, 3.8) is 0 Å². The third kappa shape index (κ3) is 5.20. The number of benzene rings is 1. The number of carbonyl (C=O) groups excluding carboxylic acids is 3. The Bertz CT molecular complexity index is 1190. The molecule has 8 atom stereocenters. The maximum absolute atomic E-state index is 13.4. The zero-order valence-electron chi connectivity index (χ0n) is 23.2. The zero-order valence-corrected chi connectivity index (χ0v) is 23.2. The van der Waals surface area contributed by atoms with Crippen LogP contribution in [0, 0.1) is 22.7 Å². The number of hydrogen-bond donors (Lipinski definition) is 1. The molecule has 0 radical (unpaired) electrons. The van der Waals surface area contributed by atoms with Crippen molar-refractivity contribution in [1.82, 2.24) is 0 Å². The van der Waals surface area contributed by atoms with E-state index in [2.05, 4.69) is 26.5 Å². The van der Waals surface area contributed by atoms with Gasteiger partial charge >= 0.3 is 17.9 Å². The van der Waals surface area contributed by atoms with Crippen LogP contribution in [0.4, 0.5) is 0 Å². The first-order valence-corrected chi connectivity index (χ1v) is 13.4. The fourth-order valence-corrected chi connectivity index (χ4v) is 6.69. The smallest absolute Gasteiger partial charge is 0.338 e. The number of ether oxygens (including phenoxy) is 4. The van der Waals surface area contributed by atoms with Gasteiger partial charge in [-0.3, -0.25) is 14.3 Å². The lowest BCUT2D eigenvalue weighted by Crippen LogP contribution is -2.63. The highest BCUT2D eigenvalue weighted by Gasteiger charge is 2.72. The molecule has 1 unspecified atom stereocenters. The minimum absolute atomic E-state index is 0.0351. The van der Waals surface area contributed by atoms with E-state index in [1.165, 1.54) is 13.8 Å². The average molecular weight is 539 g/mol. The summed E-state index contributed by atoms with van der Waals surface area (Å²) < 4.78 is 23.7. The Labute approximate surface area is 229 Å². The van der Waals surface area contributed by atoms with Crippen molar-refractivity contribution in [3.05, 3.63) is 71.8 Å². The van der Waals surface area contributed by atoms with Crippen LogP contribution < -0.4 is 0 Å². The molecule has 1 spiro atoms. The molecule has 0 amide bonds. The van der Waals surface area contributed by atoms with Gasteiger partial charge in [0.1, 0.15) is 11.5 Å². The van der Waals surface area contributed by atoms with E-state index in [0.29, 0.717) is 30.4 Å². The Balaban J connectivity index is 1.91. The number of allylic oxidation sites excluding steroid dienone is 3. The molecule has 1 N–H and O–H groups in total. The number of rotatable bonds is 7. The van der Waals surface area contributed by atoms with E-state index in [0.717, 1.165) is 5.57 Å². The van der Waals surface area contributed by atoms with Crippen LogP contribution in [0.3, 0.4) is 0 Å². The van der Waals surface area contributed by atoms with E-state index in [1.54, 1.807) is 36.4 Å². The number of hydrogen-bond acceptors (Lipinski definition) is 8. The van der Waals surface area contributed by atoms with Gasteiger partial charge in [0.25, 0.3) is 0 Å². The Morgan fingerprint density at radius 2 is 1.74 bits per heavy atom. The maximum atomic E-state index is 13.4. The molecule has 39 heavy (non-hydrogen) atoms. The molecular weight excluding hydrogens is 500 g/mol. The van der Waals surface area contributed by atoms with E-state index in [4.69, 9.17) is 18.9 Å². The SMILES string of the molecule is C=C/C(C)=C/C[C@]1(C)[C@H](C)C[C@H](OC(=O)c2ccccc2)C23C(=C[C@@H](O)C[C@H]21)[C@@H](OC(C)=O)O[C@@H]3OC(C)=O. The molecule has 0 aromatic heterocycles. The molecule has 8 nitrogen and oxygen atoms in total. The van der Waals surface area contributed by atoms with Crippen LogP contribution >= 0.6 is 0 Å². The van der Waals surface area contributed by atoms with Gasteiger partial charge in [-0.2, -0.15) is 0 Å². The summed E-state index contributed by atoms with van der Waals surface area (Å²) in [5.41, 5.74) is 0.233. The molecule has 3 aliphatic rings. The molecule has 1 aromatic carbocycles. The summed E-state index contributed by atoms with van der Waals surface area (Å²) >= 11 is 0. The van der Waals surface area contributed by atoms with Crippen LogP contribution in [-0.4, -0.2) is 47.8 Å². The topological polar surface area (TPSA) is 108 Å². The van der Waals surface area contributed by atoms with Crippen molar-refractivity contribution in [1.29, 1.82) is 0 Å². The van der Waals surface area contributed by atoms with Crippen molar-refractivity contribution >= 4 is 17.9 Å². The lowest BCUT2D eigenvalue weighted by atomic mass is 9.45. The predicted octanol–water partition coefficient (Wildman–Crippen LogP) is 4.88. The van der Waals surface area contributed by atoms with Gasteiger partial charge in [0.05, 0.1) is 11.7 Å². The maximum Gasteiger partial charge on any atom is 0.338 e. The normalized spacial score (nSPS) is 35.6. The third-order valence-electron chi connectivity index (χ3n) is 8.83. The fourth-order valence-electron chi connectivity index (χ4n) is 6.69. The van der Waals surface area contributed by atoms with Crippen molar-refractivity contribution < 1.29 is 38.4 Å². The molecule has 1 saturated heterocycles. The molecule has 210 valence electrons. The molecule has 2 aliphatic carbocycles. The van der Waals surface area contributed by atoms with Crippen LogP contribution in [-0.2, 0) is 28.5 Å². The van der Waals surface area contributed by atoms with E-state index >= 15 is 0 Å². The van der Waals surface area contributed by atoms with Gasteiger partial charge in [-0.1, -0.05) is 56.4 Å². The molecule has 1 heterocycles. The summed E-state index contributed by atoms with van der Waals surface area (Å²) in [6.45, 7) is 12.6. The molecule has 1 aliphatic heterocycles. The second kappa shape index (κ2) is 11.1. The largest absolute Gasteiger partial charge is 0.458 e. The van der Waals surface area contributed by atoms with Crippen LogP contribution in [0.1, 0.15) is 64.2 Å². The molecular formula is C31H38O8. The standard InChI is InChI=1S/C31H38O8/c1-7-18(2)13-14-30(6)19(3)15-26(38-27(35)22-11-9-8-10-12-22)31-24(16-23(34)17-25(30)31)28(36-20(4)32)39-29(31)37-21(5)33/h7-13,16,19,23,25-26,28-29,34H,1,14-15,17H2,2-6H3/b18-13+/t19-,23-,25+,26+,28+,29+,30-,31?/m1/s1. The molecule has 1 aromatic rings. The summed E-state index contributed by atoms with van der Waals surface area (Å²) in [4.78, 5) is 37.8.